The molecule has 0 fully saturated rings. The third-order valence-electron chi connectivity index (χ3n) is 2.26. The van der Waals surface area contributed by atoms with Gasteiger partial charge in [0.05, 0.1) is 0 Å². The number of hydrogen-bond acceptors (Lipinski definition) is 5. The molecule has 0 atom stereocenters. The van der Waals surface area contributed by atoms with Gasteiger partial charge in [-0.2, -0.15) is 0 Å². The number of halogens is 1. The standard InChI is InChI=1S/C10H15FN4O3S/c11-8-4-3-6-13-10(8)19(17,18)14-7-2-1-5-9(12)15-16/h3-4,6,14,16H,1-2,5,7H2,(H2,12,15). The van der Waals surface area contributed by atoms with Crippen molar-refractivity contribution in [1.29, 1.82) is 0 Å². The Morgan fingerprint density at radius 3 is 2.89 bits per heavy atom. The van der Waals surface area contributed by atoms with Crippen molar-refractivity contribution >= 4 is 15.9 Å². The van der Waals surface area contributed by atoms with E-state index in [-0.39, 0.29) is 12.4 Å². The molecular weight excluding hydrogens is 275 g/mol. The first-order valence-electron chi connectivity index (χ1n) is 5.54. The molecule has 1 aromatic heterocycles. The Bertz CT molecular complexity index is 547. The SMILES string of the molecule is N/C(CCCCNS(=O)(=O)c1ncccc1F)=N/O. The fraction of sp³-hybridized carbons (Fsp3) is 0.400. The molecule has 106 valence electrons. The highest BCUT2D eigenvalue weighted by Gasteiger charge is 2.19. The number of amidine groups is 1. The Morgan fingerprint density at radius 1 is 1.53 bits per heavy atom. The van der Waals surface area contributed by atoms with Gasteiger partial charge in [-0.05, 0) is 25.0 Å². The lowest BCUT2D eigenvalue weighted by atomic mass is 10.2. The molecular formula is C10H15FN4O3S. The largest absolute Gasteiger partial charge is 0.409 e. The van der Waals surface area contributed by atoms with Crippen LogP contribution in [0.4, 0.5) is 4.39 Å². The molecule has 0 aliphatic carbocycles. The summed E-state index contributed by atoms with van der Waals surface area (Å²) in [6, 6.07) is 2.34. The summed E-state index contributed by atoms with van der Waals surface area (Å²) in [5, 5.41) is 10.5. The van der Waals surface area contributed by atoms with Crippen LogP contribution in [-0.4, -0.2) is 31.0 Å². The maximum Gasteiger partial charge on any atom is 0.261 e. The van der Waals surface area contributed by atoms with Gasteiger partial charge >= 0.3 is 0 Å². The van der Waals surface area contributed by atoms with Gasteiger partial charge in [-0.3, -0.25) is 0 Å². The van der Waals surface area contributed by atoms with E-state index in [9.17, 15) is 12.8 Å². The van der Waals surface area contributed by atoms with Gasteiger partial charge in [-0.15, -0.1) is 0 Å². The van der Waals surface area contributed by atoms with Gasteiger partial charge < -0.3 is 10.9 Å². The quantitative estimate of drug-likeness (QED) is 0.221. The van der Waals surface area contributed by atoms with Crippen LogP contribution in [0.25, 0.3) is 0 Å². The molecule has 0 saturated heterocycles. The highest BCUT2D eigenvalue weighted by atomic mass is 32.2. The fourth-order valence-corrected chi connectivity index (χ4v) is 2.40. The van der Waals surface area contributed by atoms with E-state index in [0.717, 1.165) is 6.07 Å². The molecule has 0 saturated carbocycles. The number of oxime groups is 1. The summed E-state index contributed by atoms with van der Waals surface area (Å²) in [7, 11) is -3.94. The van der Waals surface area contributed by atoms with Crippen molar-refractivity contribution in [3.63, 3.8) is 0 Å². The maximum atomic E-state index is 13.3. The van der Waals surface area contributed by atoms with E-state index in [2.05, 4.69) is 14.9 Å². The van der Waals surface area contributed by atoms with Gasteiger partial charge in [0.1, 0.15) is 5.84 Å². The van der Waals surface area contributed by atoms with Crippen LogP contribution in [0, 0.1) is 5.82 Å². The van der Waals surface area contributed by atoms with Crippen molar-refractivity contribution in [2.75, 3.05) is 6.54 Å². The van der Waals surface area contributed by atoms with Crippen LogP contribution in [0.15, 0.2) is 28.5 Å². The first-order valence-corrected chi connectivity index (χ1v) is 7.02. The zero-order chi connectivity index (χ0) is 14.3. The average Bonchev–Trinajstić information content (AvgIpc) is 2.38. The molecule has 19 heavy (non-hydrogen) atoms. The molecule has 4 N–H and O–H groups in total. The minimum atomic E-state index is -3.94. The minimum absolute atomic E-state index is 0.0821. The molecule has 7 nitrogen and oxygen atoms in total. The van der Waals surface area contributed by atoms with Gasteiger partial charge in [0.15, 0.2) is 5.82 Å². The minimum Gasteiger partial charge on any atom is -0.409 e. The van der Waals surface area contributed by atoms with Gasteiger partial charge in [-0.1, -0.05) is 5.16 Å². The summed E-state index contributed by atoms with van der Waals surface area (Å²) in [5.74, 6) is -0.815. The highest BCUT2D eigenvalue weighted by molar-refractivity contribution is 7.89. The van der Waals surface area contributed by atoms with Crippen LogP contribution in [0.3, 0.4) is 0 Å². The van der Waals surface area contributed by atoms with Crippen molar-refractivity contribution in [3.8, 4) is 0 Å². The number of rotatable bonds is 7. The van der Waals surface area contributed by atoms with E-state index < -0.39 is 20.9 Å². The van der Waals surface area contributed by atoms with E-state index in [1.807, 2.05) is 0 Å². The Kier molecular flexibility index (Phi) is 5.64. The summed E-state index contributed by atoms with van der Waals surface area (Å²) in [4.78, 5) is 3.49. The second-order valence-corrected chi connectivity index (χ2v) is 5.42. The predicted octanol–water partition coefficient (Wildman–Crippen LogP) is 0.416. The molecule has 0 spiro atoms. The summed E-state index contributed by atoms with van der Waals surface area (Å²) in [6.45, 7) is 0.122. The normalized spacial score (nSPS) is 12.6. The fourth-order valence-electron chi connectivity index (χ4n) is 1.32. The zero-order valence-electron chi connectivity index (χ0n) is 10.1. The number of aromatic nitrogens is 1. The Hall–Kier alpha value is -1.74. The summed E-state index contributed by atoms with van der Waals surface area (Å²) >= 11 is 0. The summed E-state index contributed by atoms with van der Waals surface area (Å²) in [5.41, 5.74) is 5.25. The lowest BCUT2D eigenvalue weighted by molar-refractivity contribution is 0.316. The Balaban J connectivity index is 2.47. The van der Waals surface area contributed by atoms with Crippen LogP contribution in [0.2, 0.25) is 0 Å². The number of sulfonamides is 1. The third kappa shape index (κ3) is 4.79. The molecule has 0 bridgehead atoms. The Morgan fingerprint density at radius 2 is 2.26 bits per heavy atom. The molecule has 9 heteroatoms. The van der Waals surface area contributed by atoms with Gasteiger partial charge in [0.2, 0.25) is 5.03 Å². The molecule has 1 rings (SSSR count). The molecule has 0 amide bonds. The maximum absolute atomic E-state index is 13.3. The number of nitrogens with two attached hydrogens (primary N) is 1. The zero-order valence-corrected chi connectivity index (χ0v) is 10.9. The van der Waals surface area contributed by atoms with Crippen LogP contribution < -0.4 is 10.5 Å². The highest BCUT2D eigenvalue weighted by Crippen LogP contribution is 2.09. The van der Waals surface area contributed by atoms with E-state index in [0.29, 0.717) is 19.3 Å². The number of unbranched alkanes of at least 4 members (excludes halogenated alkanes) is 1. The molecule has 0 aliphatic heterocycles. The van der Waals surface area contributed by atoms with E-state index in [4.69, 9.17) is 10.9 Å². The smallest absolute Gasteiger partial charge is 0.261 e. The molecule has 0 aromatic carbocycles. The second kappa shape index (κ2) is 7.00. The van der Waals surface area contributed by atoms with Crippen molar-refractivity contribution in [2.24, 2.45) is 10.9 Å². The molecule has 1 aromatic rings. The van der Waals surface area contributed by atoms with Crippen LogP contribution in [-0.2, 0) is 10.0 Å². The molecule has 0 aliphatic rings. The monoisotopic (exact) mass is 290 g/mol. The lowest BCUT2D eigenvalue weighted by Gasteiger charge is -2.06. The first kappa shape index (κ1) is 15.3. The van der Waals surface area contributed by atoms with Crippen LogP contribution in [0.5, 0.6) is 0 Å². The summed E-state index contributed by atoms with van der Waals surface area (Å²) < 4.78 is 38.9. The van der Waals surface area contributed by atoms with E-state index in [1.54, 1.807) is 0 Å². The average molecular weight is 290 g/mol. The number of hydrogen-bond donors (Lipinski definition) is 3. The van der Waals surface area contributed by atoms with E-state index in [1.165, 1.54) is 12.3 Å². The van der Waals surface area contributed by atoms with Crippen molar-refractivity contribution in [3.05, 3.63) is 24.1 Å². The number of pyridine rings is 1. The first-order chi connectivity index (χ1) is 8.97. The molecule has 1 heterocycles. The van der Waals surface area contributed by atoms with Crippen molar-refractivity contribution in [2.45, 2.75) is 24.3 Å². The van der Waals surface area contributed by atoms with Gasteiger partial charge in [0.25, 0.3) is 10.0 Å². The number of nitrogens with zero attached hydrogens (tertiary/aromatic N) is 2. The van der Waals surface area contributed by atoms with Crippen LogP contribution in [0.1, 0.15) is 19.3 Å². The Labute approximate surface area is 110 Å². The number of nitrogens with one attached hydrogen (secondary N) is 1. The van der Waals surface area contributed by atoms with Gasteiger partial charge in [-0.25, -0.2) is 22.5 Å². The molecule has 0 unspecified atom stereocenters. The van der Waals surface area contributed by atoms with E-state index >= 15 is 0 Å². The van der Waals surface area contributed by atoms with Gasteiger partial charge in [0, 0.05) is 19.2 Å². The third-order valence-corrected chi connectivity index (χ3v) is 3.65. The molecule has 0 radical (unpaired) electrons. The predicted molar refractivity (Wildman–Crippen MR) is 66.6 cm³/mol. The summed E-state index contributed by atoms with van der Waals surface area (Å²) in [6.07, 6.45) is 2.58. The van der Waals surface area contributed by atoms with Crippen molar-refractivity contribution in [1.82, 2.24) is 9.71 Å². The second-order valence-electron chi connectivity index (χ2n) is 3.74. The topological polar surface area (TPSA) is 118 Å². The van der Waals surface area contributed by atoms with Crippen molar-refractivity contribution < 1.29 is 18.0 Å². The lowest BCUT2D eigenvalue weighted by Crippen LogP contribution is -2.26. The van der Waals surface area contributed by atoms with Crippen LogP contribution >= 0.6 is 0 Å².